The number of halogens is 2. The molecular formula is C18H20F2N2O5S. The summed E-state index contributed by atoms with van der Waals surface area (Å²) in [4.78, 5) is 12.6. The Morgan fingerprint density at radius 1 is 1.07 bits per heavy atom. The molecule has 2 aromatic carbocycles. The zero-order chi connectivity index (χ0) is 21.1. The van der Waals surface area contributed by atoms with Gasteiger partial charge in [-0.15, -0.1) is 0 Å². The molecule has 0 aliphatic carbocycles. The van der Waals surface area contributed by atoms with Crippen molar-refractivity contribution in [3.8, 4) is 11.5 Å². The van der Waals surface area contributed by atoms with Crippen LogP contribution in [0.5, 0.6) is 11.5 Å². The number of hydrogen-bond donors (Lipinski definition) is 1. The second kappa shape index (κ2) is 8.42. The van der Waals surface area contributed by atoms with Gasteiger partial charge in [-0.3, -0.25) is 9.10 Å². The number of benzene rings is 2. The normalized spacial score (nSPS) is 12.2. The molecule has 0 heterocycles. The Balaban J connectivity index is 2.43. The van der Waals surface area contributed by atoms with E-state index in [9.17, 15) is 22.0 Å². The summed E-state index contributed by atoms with van der Waals surface area (Å²) in [5, 5.41) is 2.37. The van der Waals surface area contributed by atoms with E-state index in [0.29, 0.717) is 5.75 Å². The van der Waals surface area contributed by atoms with Gasteiger partial charge in [-0.25, -0.2) is 17.2 Å². The SMILES string of the molecule is COc1ccc(OC)c(N(C(C)C(=O)Nc2ccc(F)c(F)c2)S(C)(=O)=O)c1. The lowest BCUT2D eigenvalue weighted by molar-refractivity contribution is -0.116. The van der Waals surface area contributed by atoms with Gasteiger partial charge >= 0.3 is 0 Å². The molecular weight excluding hydrogens is 394 g/mol. The number of sulfonamides is 1. The topological polar surface area (TPSA) is 84.9 Å². The first-order valence-electron chi connectivity index (χ1n) is 8.05. The highest BCUT2D eigenvalue weighted by Crippen LogP contribution is 2.35. The smallest absolute Gasteiger partial charge is 0.247 e. The minimum Gasteiger partial charge on any atom is -0.497 e. The number of rotatable bonds is 7. The molecule has 0 saturated heterocycles. The summed E-state index contributed by atoms with van der Waals surface area (Å²) in [6.07, 6.45) is 0.938. The summed E-state index contributed by atoms with van der Waals surface area (Å²) in [6, 6.07) is 6.10. The van der Waals surface area contributed by atoms with Crippen LogP contribution < -0.4 is 19.1 Å². The Kier molecular flexibility index (Phi) is 6.45. The maximum absolute atomic E-state index is 13.4. The van der Waals surface area contributed by atoms with Crippen LogP contribution in [0.3, 0.4) is 0 Å². The molecule has 152 valence electrons. The summed E-state index contributed by atoms with van der Waals surface area (Å²) in [5.41, 5.74) is 0.0825. The number of ether oxygens (including phenoxy) is 2. The van der Waals surface area contributed by atoms with Crippen LogP contribution in [-0.4, -0.2) is 40.8 Å². The molecule has 1 atom stereocenters. The fourth-order valence-electron chi connectivity index (χ4n) is 2.57. The van der Waals surface area contributed by atoms with Crippen molar-refractivity contribution in [2.24, 2.45) is 0 Å². The molecule has 0 radical (unpaired) electrons. The van der Waals surface area contributed by atoms with Crippen LogP contribution in [0.4, 0.5) is 20.2 Å². The molecule has 1 unspecified atom stereocenters. The third kappa shape index (κ3) is 4.69. The van der Waals surface area contributed by atoms with E-state index in [1.807, 2.05) is 0 Å². The number of amides is 1. The molecule has 0 fully saturated rings. The van der Waals surface area contributed by atoms with Gasteiger partial charge in [0.05, 0.1) is 26.2 Å². The largest absolute Gasteiger partial charge is 0.497 e. The van der Waals surface area contributed by atoms with Crippen LogP contribution in [0.2, 0.25) is 0 Å². The van der Waals surface area contributed by atoms with Crippen molar-refractivity contribution in [1.29, 1.82) is 0 Å². The number of methoxy groups -OCH3 is 2. The van der Waals surface area contributed by atoms with Gasteiger partial charge in [0.1, 0.15) is 17.5 Å². The first-order valence-corrected chi connectivity index (χ1v) is 9.90. The molecule has 0 bridgehead atoms. The first kappa shape index (κ1) is 21.4. The summed E-state index contributed by atoms with van der Waals surface area (Å²) in [5.74, 6) is -2.39. The summed E-state index contributed by atoms with van der Waals surface area (Å²) in [7, 11) is -1.15. The Morgan fingerprint density at radius 2 is 1.75 bits per heavy atom. The molecule has 28 heavy (non-hydrogen) atoms. The highest BCUT2D eigenvalue weighted by molar-refractivity contribution is 7.92. The lowest BCUT2D eigenvalue weighted by Crippen LogP contribution is -2.45. The van der Waals surface area contributed by atoms with E-state index in [1.54, 1.807) is 6.07 Å². The molecule has 1 amide bonds. The average molecular weight is 414 g/mol. The van der Waals surface area contributed by atoms with Crippen LogP contribution in [0.1, 0.15) is 6.92 Å². The molecule has 10 heteroatoms. The van der Waals surface area contributed by atoms with E-state index in [2.05, 4.69) is 5.32 Å². The van der Waals surface area contributed by atoms with Crippen LogP contribution in [0.25, 0.3) is 0 Å². The third-order valence-corrected chi connectivity index (χ3v) is 5.13. The van der Waals surface area contributed by atoms with Crippen molar-refractivity contribution in [3.63, 3.8) is 0 Å². The van der Waals surface area contributed by atoms with Crippen molar-refractivity contribution in [2.45, 2.75) is 13.0 Å². The maximum Gasteiger partial charge on any atom is 0.247 e. The van der Waals surface area contributed by atoms with Crippen molar-refractivity contribution in [2.75, 3.05) is 30.1 Å². The summed E-state index contributed by atoms with van der Waals surface area (Å²) >= 11 is 0. The molecule has 7 nitrogen and oxygen atoms in total. The van der Waals surface area contributed by atoms with E-state index in [0.717, 1.165) is 22.7 Å². The average Bonchev–Trinajstić information content (AvgIpc) is 2.63. The third-order valence-electron chi connectivity index (χ3n) is 3.90. The summed E-state index contributed by atoms with van der Waals surface area (Å²) in [6.45, 7) is 1.36. The predicted molar refractivity (Wildman–Crippen MR) is 101 cm³/mol. The lowest BCUT2D eigenvalue weighted by Gasteiger charge is -2.29. The van der Waals surface area contributed by atoms with E-state index >= 15 is 0 Å². The molecule has 0 aromatic heterocycles. The molecule has 0 aliphatic heterocycles. The van der Waals surface area contributed by atoms with Crippen LogP contribution in [-0.2, 0) is 14.8 Å². The predicted octanol–water partition coefficient (Wildman–Crippen LogP) is 2.78. The van der Waals surface area contributed by atoms with E-state index in [4.69, 9.17) is 9.47 Å². The fourth-order valence-corrected chi connectivity index (χ4v) is 3.74. The van der Waals surface area contributed by atoms with Gasteiger partial charge < -0.3 is 14.8 Å². The van der Waals surface area contributed by atoms with Gasteiger partial charge in [-0.1, -0.05) is 0 Å². The van der Waals surface area contributed by atoms with E-state index < -0.39 is 33.6 Å². The van der Waals surface area contributed by atoms with Crippen molar-refractivity contribution in [3.05, 3.63) is 48.0 Å². The molecule has 0 spiro atoms. The standard InChI is InChI=1S/C18H20F2N2O5S/c1-11(18(23)21-12-5-7-14(19)15(20)9-12)22(28(4,24)25)16-10-13(26-2)6-8-17(16)27-3/h5-11H,1-4H3,(H,21,23). The number of carbonyl (C=O) groups is 1. The van der Waals surface area contributed by atoms with Gasteiger partial charge in [-0.2, -0.15) is 0 Å². The van der Waals surface area contributed by atoms with Crippen molar-refractivity contribution < 1.29 is 31.5 Å². The number of anilines is 2. The van der Waals surface area contributed by atoms with E-state index in [-0.39, 0.29) is 17.1 Å². The summed E-state index contributed by atoms with van der Waals surface area (Å²) < 4.78 is 62.5. The highest BCUT2D eigenvalue weighted by atomic mass is 32.2. The fraction of sp³-hybridized carbons (Fsp3) is 0.278. The molecule has 0 aliphatic rings. The second-order valence-electron chi connectivity index (χ2n) is 5.89. The molecule has 2 rings (SSSR count). The van der Waals surface area contributed by atoms with Gasteiger partial charge in [0.25, 0.3) is 0 Å². The Hall–Kier alpha value is -2.88. The van der Waals surface area contributed by atoms with Crippen molar-refractivity contribution >= 4 is 27.3 Å². The lowest BCUT2D eigenvalue weighted by atomic mass is 10.2. The van der Waals surface area contributed by atoms with Crippen LogP contribution in [0, 0.1) is 11.6 Å². The highest BCUT2D eigenvalue weighted by Gasteiger charge is 2.31. The first-order chi connectivity index (χ1) is 13.1. The van der Waals surface area contributed by atoms with Crippen molar-refractivity contribution in [1.82, 2.24) is 0 Å². The maximum atomic E-state index is 13.4. The number of hydrogen-bond acceptors (Lipinski definition) is 5. The Bertz CT molecular complexity index is 982. The number of nitrogens with one attached hydrogen (secondary N) is 1. The Labute approximate surface area is 161 Å². The zero-order valence-electron chi connectivity index (χ0n) is 15.7. The molecule has 0 saturated carbocycles. The van der Waals surface area contributed by atoms with Gasteiger partial charge in [-0.05, 0) is 31.2 Å². The molecule has 1 N–H and O–H groups in total. The number of carbonyl (C=O) groups excluding carboxylic acids is 1. The van der Waals surface area contributed by atoms with Gasteiger partial charge in [0.15, 0.2) is 11.6 Å². The van der Waals surface area contributed by atoms with Gasteiger partial charge in [0.2, 0.25) is 15.9 Å². The minimum absolute atomic E-state index is 0.0122. The zero-order valence-corrected chi connectivity index (χ0v) is 16.5. The van der Waals surface area contributed by atoms with E-state index in [1.165, 1.54) is 39.3 Å². The monoisotopic (exact) mass is 414 g/mol. The Morgan fingerprint density at radius 3 is 2.29 bits per heavy atom. The quantitative estimate of drug-likeness (QED) is 0.753. The number of nitrogens with zero attached hydrogens (tertiary/aromatic N) is 1. The second-order valence-corrected chi connectivity index (χ2v) is 7.75. The van der Waals surface area contributed by atoms with Crippen LogP contribution in [0.15, 0.2) is 36.4 Å². The van der Waals surface area contributed by atoms with Crippen LogP contribution >= 0.6 is 0 Å². The molecule has 2 aromatic rings. The van der Waals surface area contributed by atoms with Gasteiger partial charge in [0, 0.05) is 17.8 Å². The minimum atomic E-state index is -3.92.